The lowest BCUT2D eigenvalue weighted by molar-refractivity contribution is -0.153. The first-order valence-corrected chi connectivity index (χ1v) is 13.2. The first-order valence-electron chi connectivity index (χ1n) is 11.9. The maximum Gasteiger partial charge on any atom is 0.255 e. The molecule has 0 bridgehead atoms. The number of hydrogen-bond donors (Lipinski definition) is 3. The smallest absolute Gasteiger partial charge is 0.255 e. The number of thioether (sulfide) groups is 1. The van der Waals surface area contributed by atoms with Crippen molar-refractivity contribution in [2.45, 2.75) is 56.1 Å². The molecule has 0 spiro atoms. The zero-order chi connectivity index (χ0) is 24.9. The van der Waals surface area contributed by atoms with Crippen LogP contribution in [0.4, 0.5) is 0 Å². The molecule has 2 aromatic rings. The molecule has 6 nitrogen and oxygen atoms in total. The van der Waals surface area contributed by atoms with Crippen LogP contribution in [0.5, 0.6) is 0 Å². The number of aryl methyl sites for hydroxylation is 1. The average molecular weight is 515 g/mol. The molecular weight excluding hydrogens is 484 g/mol. The maximum atomic E-state index is 13.0. The summed E-state index contributed by atoms with van der Waals surface area (Å²) in [5.41, 5.74) is 4.39. The summed E-state index contributed by atoms with van der Waals surface area (Å²) in [4.78, 5) is 27.1. The van der Waals surface area contributed by atoms with E-state index in [4.69, 9.17) is 11.6 Å². The molecule has 0 radical (unpaired) electrons. The Bertz CT molecular complexity index is 1110. The van der Waals surface area contributed by atoms with Crippen LogP contribution >= 0.6 is 23.4 Å². The number of halogens is 1. The Morgan fingerprint density at radius 2 is 1.97 bits per heavy atom. The van der Waals surface area contributed by atoms with Crippen molar-refractivity contribution in [3.8, 4) is 0 Å². The van der Waals surface area contributed by atoms with E-state index >= 15 is 0 Å². The Morgan fingerprint density at radius 3 is 2.74 bits per heavy atom. The number of benzene rings is 2. The van der Waals surface area contributed by atoms with Crippen LogP contribution < -0.4 is 5.32 Å². The lowest BCUT2D eigenvalue weighted by Gasteiger charge is -2.29. The van der Waals surface area contributed by atoms with Crippen LogP contribution in [-0.2, 0) is 16.0 Å². The SMILES string of the molecule is Cc1cccc([C@H]2CCCN2C(=O)[C@H](O)[C@@H](O)C(=O)NCC2CC(Cc3ccccc3Cl)=CS2)c1. The van der Waals surface area contributed by atoms with E-state index in [2.05, 4.69) is 10.7 Å². The largest absolute Gasteiger partial charge is 0.380 e. The Hall–Kier alpha value is -2.32. The number of amides is 2. The van der Waals surface area contributed by atoms with Gasteiger partial charge in [0.15, 0.2) is 12.2 Å². The lowest BCUT2D eigenvalue weighted by Crippen LogP contribution is -2.51. The van der Waals surface area contributed by atoms with Gasteiger partial charge < -0.3 is 20.4 Å². The van der Waals surface area contributed by atoms with Gasteiger partial charge in [0, 0.05) is 23.4 Å². The third-order valence-corrected chi connectivity index (χ3v) is 8.14. The van der Waals surface area contributed by atoms with Gasteiger partial charge in [0.25, 0.3) is 11.8 Å². The van der Waals surface area contributed by atoms with Crippen molar-refractivity contribution in [2.24, 2.45) is 0 Å². The Morgan fingerprint density at radius 1 is 1.17 bits per heavy atom. The number of carbonyl (C=O) groups excluding carboxylic acids is 2. The van der Waals surface area contributed by atoms with E-state index in [-0.39, 0.29) is 11.3 Å². The van der Waals surface area contributed by atoms with Gasteiger partial charge in [-0.25, -0.2) is 0 Å². The Balaban J connectivity index is 1.27. The minimum Gasteiger partial charge on any atom is -0.380 e. The number of likely N-dealkylation sites (tertiary alicyclic amines) is 1. The van der Waals surface area contributed by atoms with Crippen molar-refractivity contribution in [2.75, 3.05) is 13.1 Å². The minimum absolute atomic E-state index is 0.126. The van der Waals surface area contributed by atoms with E-state index in [0.717, 1.165) is 47.4 Å². The highest BCUT2D eigenvalue weighted by Crippen LogP contribution is 2.34. The number of nitrogens with one attached hydrogen (secondary N) is 1. The zero-order valence-corrected chi connectivity index (χ0v) is 21.3. The molecule has 2 amide bonds. The fourth-order valence-electron chi connectivity index (χ4n) is 4.72. The molecule has 35 heavy (non-hydrogen) atoms. The summed E-state index contributed by atoms with van der Waals surface area (Å²) in [5.74, 6) is -1.35. The third-order valence-electron chi connectivity index (χ3n) is 6.58. The predicted octanol–water partition coefficient (Wildman–Crippen LogP) is 3.78. The summed E-state index contributed by atoms with van der Waals surface area (Å²) in [5, 5.41) is 26.6. The quantitative estimate of drug-likeness (QED) is 0.499. The first kappa shape index (κ1) is 25.8. The molecule has 0 saturated carbocycles. The van der Waals surface area contributed by atoms with Gasteiger partial charge in [0.05, 0.1) is 6.04 Å². The second kappa shape index (κ2) is 11.6. The molecule has 1 saturated heterocycles. The van der Waals surface area contributed by atoms with Gasteiger partial charge in [-0.1, -0.05) is 65.2 Å². The first-order chi connectivity index (χ1) is 16.8. The number of aliphatic hydroxyl groups is 2. The monoisotopic (exact) mass is 514 g/mol. The molecule has 8 heteroatoms. The van der Waals surface area contributed by atoms with Gasteiger partial charge in [-0.3, -0.25) is 9.59 Å². The van der Waals surface area contributed by atoms with Crippen molar-refractivity contribution >= 4 is 35.2 Å². The van der Waals surface area contributed by atoms with Crippen LogP contribution in [0.1, 0.15) is 42.0 Å². The van der Waals surface area contributed by atoms with Crippen molar-refractivity contribution in [1.29, 1.82) is 0 Å². The van der Waals surface area contributed by atoms with Crippen LogP contribution in [0.25, 0.3) is 0 Å². The van der Waals surface area contributed by atoms with Crippen LogP contribution in [0.3, 0.4) is 0 Å². The molecule has 1 fully saturated rings. The number of rotatable bonds is 8. The summed E-state index contributed by atoms with van der Waals surface area (Å²) < 4.78 is 0. The summed E-state index contributed by atoms with van der Waals surface area (Å²) >= 11 is 7.88. The molecule has 2 aliphatic heterocycles. The Labute approximate surface area is 215 Å². The molecule has 186 valence electrons. The molecule has 0 aromatic heterocycles. The summed E-state index contributed by atoms with van der Waals surface area (Å²) in [6.45, 7) is 2.81. The minimum atomic E-state index is -1.82. The summed E-state index contributed by atoms with van der Waals surface area (Å²) in [6, 6.07) is 15.5. The fraction of sp³-hybridized carbons (Fsp3) is 0.407. The van der Waals surface area contributed by atoms with Crippen LogP contribution in [-0.4, -0.2) is 57.5 Å². The van der Waals surface area contributed by atoms with Crippen LogP contribution in [0.15, 0.2) is 59.5 Å². The second-order valence-corrected chi connectivity index (χ2v) is 10.8. The molecule has 2 aromatic carbocycles. The van der Waals surface area contributed by atoms with Gasteiger partial charge in [0.2, 0.25) is 0 Å². The van der Waals surface area contributed by atoms with Gasteiger partial charge in [-0.15, -0.1) is 11.8 Å². The van der Waals surface area contributed by atoms with Crippen LogP contribution in [0.2, 0.25) is 5.02 Å². The van der Waals surface area contributed by atoms with Crippen molar-refractivity contribution in [3.63, 3.8) is 0 Å². The third kappa shape index (κ3) is 6.28. The van der Waals surface area contributed by atoms with E-state index in [0.29, 0.717) is 13.1 Å². The number of aliphatic hydroxyl groups excluding tert-OH is 2. The molecule has 0 aliphatic carbocycles. The number of hydrogen-bond acceptors (Lipinski definition) is 5. The van der Waals surface area contributed by atoms with E-state index in [1.807, 2.05) is 55.5 Å². The van der Waals surface area contributed by atoms with Crippen molar-refractivity contribution < 1.29 is 19.8 Å². The van der Waals surface area contributed by atoms with E-state index < -0.39 is 24.0 Å². The van der Waals surface area contributed by atoms with Crippen LogP contribution in [0, 0.1) is 6.92 Å². The van der Waals surface area contributed by atoms with E-state index in [1.165, 1.54) is 5.57 Å². The average Bonchev–Trinajstić information content (AvgIpc) is 3.52. The number of allylic oxidation sites excluding steroid dienone is 1. The summed E-state index contributed by atoms with van der Waals surface area (Å²) in [6.07, 6.45) is -0.479. The van der Waals surface area contributed by atoms with Crippen molar-refractivity contribution in [3.05, 3.63) is 81.2 Å². The highest BCUT2D eigenvalue weighted by molar-refractivity contribution is 8.03. The molecule has 3 N–H and O–H groups in total. The van der Waals surface area contributed by atoms with Gasteiger partial charge in [-0.05, 0) is 55.2 Å². The van der Waals surface area contributed by atoms with Crippen molar-refractivity contribution in [1.82, 2.24) is 10.2 Å². The number of nitrogens with zero attached hydrogens (tertiary/aromatic N) is 1. The molecule has 4 atom stereocenters. The fourth-order valence-corrected chi connectivity index (χ4v) is 5.98. The molecule has 2 aliphatic rings. The standard InChI is InChI=1S/C27H31ClN2O4S/c1-17-6-4-8-20(12-17)23-10-5-11-30(23)27(34)25(32)24(31)26(33)29-15-21-14-18(16-35-21)13-19-7-2-3-9-22(19)28/h2-4,6-9,12,16,21,23-25,31-32H,5,10-11,13-15H2,1H3,(H,29,33)/t21?,23-,24-,25-/m1/s1. The molecule has 1 unspecified atom stereocenters. The predicted molar refractivity (Wildman–Crippen MR) is 139 cm³/mol. The molecule has 2 heterocycles. The molecule has 4 rings (SSSR count). The van der Waals surface area contributed by atoms with E-state index in [9.17, 15) is 19.8 Å². The lowest BCUT2D eigenvalue weighted by atomic mass is 10.0. The van der Waals surface area contributed by atoms with E-state index in [1.54, 1.807) is 16.7 Å². The van der Waals surface area contributed by atoms with Gasteiger partial charge >= 0.3 is 0 Å². The maximum absolute atomic E-state index is 13.0. The summed E-state index contributed by atoms with van der Waals surface area (Å²) in [7, 11) is 0. The zero-order valence-electron chi connectivity index (χ0n) is 19.7. The van der Waals surface area contributed by atoms with Gasteiger partial charge in [-0.2, -0.15) is 0 Å². The normalized spacial score (nSPS) is 21.5. The highest BCUT2D eigenvalue weighted by atomic mass is 35.5. The second-order valence-electron chi connectivity index (χ2n) is 9.25. The molecular formula is C27H31ClN2O4S. The van der Waals surface area contributed by atoms with Gasteiger partial charge in [0.1, 0.15) is 0 Å². The topological polar surface area (TPSA) is 89.9 Å². The Kier molecular flexibility index (Phi) is 8.55. The highest BCUT2D eigenvalue weighted by Gasteiger charge is 2.38. The number of carbonyl (C=O) groups is 2.